The molecule has 1 aromatic carbocycles. The molecular weight excluding hydrogens is 387 g/mol. The Morgan fingerprint density at radius 3 is 2.43 bits per heavy atom. The SMILES string of the molecule is CC(NC(=O)CN1CCCN(C(=O)c2cccc(F)c2)CC1)C(=O)N1CCCCC1. The summed E-state index contributed by atoms with van der Waals surface area (Å²) in [7, 11) is 0. The van der Waals surface area contributed by atoms with Gasteiger partial charge in [-0.15, -0.1) is 0 Å². The van der Waals surface area contributed by atoms with Crippen molar-refractivity contribution in [3.63, 3.8) is 0 Å². The zero-order valence-corrected chi connectivity index (χ0v) is 17.6. The Labute approximate surface area is 177 Å². The maximum Gasteiger partial charge on any atom is 0.254 e. The van der Waals surface area contributed by atoms with Crippen LogP contribution in [0.2, 0.25) is 0 Å². The van der Waals surface area contributed by atoms with Gasteiger partial charge in [-0.05, 0) is 50.8 Å². The number of likely N-dealkylation sites (tertiary alicyclic amines) is 1. The first-order chi connectivity index (χ1) is 14.4. The molecule has 0 spiro atoms. The molecule has 0 radical (unpaired) electrons. The predicted octanol–water partition coefficient (Wildman–Crippen LogP) is 1.49. The second kappa shape index (κ2) is 10.5. The molecule has 7 nitrogen and oxygen atoms in total. The molecular formula is C22H31FN4O3. The number of carbonyl (C=O) groups excluding carboxylic acids is 3. The summed E-state index contributed by atoms with van der Waals surface area (Å²) in [6, 6.07) is 5.18. The van der Waals surface area contributed by atoms with Crippen molar-refractivity contribution in [1.29, 1.82) is 0 Å². The lowest BCUT2D eigenvalue weighted by molar-refractivity contribution is -0.137. The van der Waals surface area contributed by atoms with E-state index >= 15 is 0 Å². The van der Waals surface area contributed by atoms with Crippen LogP contribution in [0.25, 0.3) is 0 Å². The van der Waals surface area contributed by atoms with E-state index in [1.165, 1.54) is 18.2 Å². The van der Waals surface area contributed by atoms with Gasteiger partial charge in [-0.1, -0.05) is 6.07 Å². The van der Waals surface area contributed by atoms with Crippen molar-refractivity contribution < 1.29 is 18.8 Å². The van der Waals surface area contributed by atoms with Crippen molar-refractivity contribution in [3.8, 4) is 0 Å². The van der Waals surface area contributed by atoms with Crippen molar-refractivity contribution in [2.75, 3.05) is 45.8 Å². The maximum atomic E-state index is 13.4. The van der Waals surface area contributed by atoms with Crippen LogP contribution in [0, 0.1) is 5.82 Å². The summed E-state index contributed by atoms with van der Waals surface area (Å²) >= 11 is 0. The molecule has 164 valence electrons. The van der Waals surface area contributed by atoms with Gasteiger partial charge >= 0.3 is 0 Å². The highest BCUT2D eigenvalue weighted by atomic mass is 19.1. The molecule has 8 heteroatoms. The van der Waals surface area contributed by atoms with Crippen molar-refractivity contribution in [2.24, 2.45) is 0 Å². The summed E-state index contributed by atoms with van der Waals surface area (Å²) < 4.78 is 13.4. The van der Waals surface area contributed by atoms with Crippen molar-refractivity contribution in [2.45, 2.75) is 38.6 Å². The van der Waals surface area contributed by atoms with E-state index in [-0.39, 0.29) is 24.3 Å². The highest BCUT2D eigenvalue weighted by Gasteiger charge is 2.25. The van der Waals surface area contributed by atoms with Gasteiger partial charge in [-0.2, -0.15) is 0 Å². The summed E-state index contributed by atoms with van der Waals surface area (Å²) in [4.78, 5) is 43.1. The summed E-state index contributed by atoms with van der Waals surface area (Å²) in [5.41, 5.74) is 0.339. The molecule has 3 rings (SSSR count). The number of piperidine rings is 1. The molecule has 2 aliphatic rings. The van der Waals surface area contributed by atoms with E-state index in [1.807, 2.05) is 9.80 Å². The van der Waals surface area contributed by atoms with Crippen molar-refractivity contribution in [3.05, 3.63) is 35.6 Å². The summed E-state index contributed by atoms with van der Waals surface area (Å²) in [6.07, 6.45) is 3.92. The first kappa shape index (κ1) is 22.2. The molecule has 2 heterocycles. The Kier molecular flexibility index (Phi) is 7.79. The molecule has 1 N–H and O–H groups in total. The normalized spacial score (nSPS) is 19.1. The molecule has 3 amide bonds. The van der Waals surface area contributed by atoms with Crippen LogP contribution < -0.4 is 5.32 Å². The van der Waals surface area contributed by atoms with Gasteiger partial charge in [0.2, 0.25) is 11.8 Å². The van der Waals surface area contributed by atoms with Gasteiger partial charge in [0.25, 0.3) is 5.91 Å². The minimum absolute atomic E-state index is 0.0224. The number of benzene rings is 1. The van der Waals surface area contributed by atoms with Crippen LogP contribution in [0.3, 0.4) is 0 Å². The first-order valence-electron chi connectivity index (χ1n) is 10.8. The fourth-order valence-corrected chi connectivity index (χ4v) is 4.08. The Balaban J connectivity index is 1.46. The fourth-order valence-electron chi connectivity index (χ4n) is 4.08. The molecule has 2 fully saturated rings. The zero-order chi connectivity index (χ0) is 21.5. The number of halogens is 1. The molecule has 2 saturated heterocycles. The van der Waals surface area contributed by atoms with Crippen LogP contribution in [0.5, 0.6) is 0 Å². The third-order valence-electron chi connectivity index (χ3n) is 5.73. The standard InChI is InChI=1S/C22H31FN4O3/c1-17(21(29)26-10-3-2-4-11-26)24-20(28)16-25-9-6-12-27(14-13-25)22(30)18-7-5-8-19(23)15-18/h5,7-8,15,17H,2-4,6,9-14,16H2,1H3,(H,24,28). The first-order valence-corrected chi connectivity index (χ1v) is 10.8. The monoisotopic (exact) mass is 418 g/mol. The van der Waals surface area contributed by atoms with Crippen LogP contribution in [-0.4, -0.2) is 84.3 Å². The van der Waals surface area contributed by atoms with Gasteiger partial charge in [0.05, 0.1) is 6.54 Å². The highest BCUT2D eigenvalue weighted by Crippen LogP contribution is 2.12. The number of hydrogen-bond donors (Lipinski definition) is 1. The topological polar surface area (TPSA) is 73.0 Å². The minimum atomic E-state index is -0.534. The molecule has 0 saturated carbocycles. The predicted molar refractivity (Wildman–Crippen MR) is 111 cm³/mol. The van der Waals surface area contributed by atoms with E-state index < -0.39 is 11.9 Å². The van der Waals surface area contributed by atoms with E-state index in [4.69, 9.17) is 0 Å². The lowest BCUT2D eigenvalue weighted by atomic mass is 10.1. The van der Waals surface area contributed by atoms with Gasteiger partial charge in [-0.25, -0.2) is 4.39 Å². The Bertz CT molecular complexity index is 767. The lowest BCUT2D eigenvalue weighted by Crippen LogP contribution is -2.50. The van der Waals surface area contributed by atoms with Crippen LogP contribution in [0.4, 0.5) is 4.39 Å². The van der Waals surface area contributed by atoms with Gasteiger partial charge in [0.15, 0.2) is 0 Å². The van der Waals surface area contributed by atoms with Crippen LogP contribution in [0.1, 0.15) is 43.0 Å². The maximum absolute atomic E-state index is 13.4. The molecule has 30 heavy (non-hydrogen) atoms. The third kappa shape index (κ3) is 6.01. The molecule has 0 aromatic heterocycles. The summed E-state index contributed by atoms with van der Waals surface area (Å²) in [5, 5.41) is 2.82. The Hall–Kier alpha value is -2.48. The Morgan fingerprint density at radius 1 is 0.967 bits per heavy atom. The van der Waals surface area contributed by atoms with Crippen LogP contribution >= 0.6 is 0 Å². The number of nitrogens with zero attached hydrogens (tertiary/aromatic N) is 3. The van der Waals surface area contributed by atoms with Crippen molar-refractivity contribution >= 4 is 17.7 Å². The van der Waals surface area contributed by atoms with E-state index in [0.29, 0.717) is 31.7 Å². The number of carbonyl (C=O) groups is 3. The molecule has 0 aliphatic carbocycles. The number of amides is 3. The van der Waals surface area contributed by atoms with E-state index in [9.17, 15) is 18.8 Å². The molecule has 1 aromatic rings. The number of hydrogen-bond acceptors (Lipinski definition) is 4. The van der Waals surface area contributed by atoms with Crippen molar-refractivity contribution in [1.82, 2.24) is 20.0 Å². The third-order valence-corrected chi connectivity index (χ3v) is 5.73. The minimum Gasteiger partial charge on any atom is -0.343 e. The fraction of sp³-hybridized carbons (Fsp3) is 0.591. The molecule has 1 unspecified atom stereocenters. The van der Waals surface area contributed by atoms with Gasteiger partial charge < -0.3 is 15.1 Å². The summed E-state index contributed by atoms with van der Waals surface area (Å²) in [5.74, 6) is -0.827. The molecule has 1 atom stereocenters. The van der Waals surface area contributed by atoms with E-state index in [1.54, 1.807) is 17.9 Å². The van der Waals surface area contributed by atoms with Gasteiger partial charge in [-0.3, -0.25) is 19.3 Å². The van der Waals surface area contributed by atoms with Gasteiger partial charge in [0.1, 0.15) is 11.9 Å². The second-order valence-corrected chi connectivity index (χ2v) is 8.11. The van der Waals surface area contributed by atoms with Crippen LogP contribution in [-0.2, 0) is 9.59 Å². The Morgan fingerprint density at radius 2 is 1.70 bits per heavy atom. The van der Waals surface area contributed by atoms with Gasteiger partial charge in [0, 0.05) is 44.8 Å². The average Bonchev–Trinajstić information content (AvgIpc) is 2.98. The molecule has 2 aliphatic heterocycles. The lowest BCUT2D eigenvalue weighted by Gasteiger charge is -2.29. The second-order valence-electron chi connectivity index (χ2n) is 8.11. The van der Waals surface area contributed by atoms with Crippen LogP contribution in [0.15, 0.2) is 24.3 Å². The zero-order valence-electron chi connectivity index (χ0n) is 17.6. The quantitative estimate of drug-likeness (QED) is 0.787. The van der Waals surface area contributed by atoms with E-state index in [0.717, 1.165) is 38.8 Å². The summed E-state index contributed by atoms with van der Waals surface area (Å²) in [6.45, 7) is 5.75. The smallest absolute Gasteiger partial charge is 0.254 e. The molecule has 0 bridgehead atoms. The number of rotatable bonds is 5. The average molecular weight is 419 g/mol. The largest absolute Gasteiger partial charge is 0.343 e. The van der Waals surface area contributed by atoms with E-state index in [2.05, 4.69) is 5.32 Å². The number of nitrogens with one attached hydrogen (secondary N) is 1. The highest BCUT2D eigenvalue weighted by molar-refractivity contribution is 5.94.